The first-order valence-electron chi connectivity index (χ1n) is 7.56. The summed E-state index contributed by atoms with van der Waals surface area (Å²) in [5.74, 6) is 0.516. The molecule has 8 heteroatoms. The third-order valence-electron chi connectivity index (χ3n) is 3.63. The average Bonchev–Trinajstić information content (AvgIpc) is 2.54. The first kappa shape index (κ1) is 18.3. The van der Waals surface area contributed by atoms with Crippen LogP contribution in [0.4, 0.5) is 0 Å². The Morgan fingerprint density at radius 3 is 2.74 bits per heavy atom. The molecule has 1 aliphatic heterocycles. The summed E-state index contributed by atoms with van der Waals surface area (Å²) >= 11 is 1.53. The van der Waals surface area contributed by atoms with Gasteiger partial charge in [-0.3, -0.25) is 4.79 Å². The zero-order valence-electron chi connectivity index (χ0n) is 12.9. The Balaban J connectivity index is 1.73. The van der Waals surface area contributed by atoms with Gasteiger partial charge in [0.1, 0.15) is 6.04 Å². The maximum Gasteiger partial charge on any atom is 0.325 e. The van der Waals surface area contributed by atoms with E-state index in [1.165, 1.54) is 17.3 Å². The van der Waals surface area contributed by atoms with Gasteiger partial charge < -0.3 is 4.74 Å². The zero-order chi connectivity index (χ0) is 16.7. The van der Waals surface area contributed by atoms with Gasteiger partial charge >= 0.3 is 5.97 Å². The van der Waals surface area contributed by atoms with E-state index in [1.54, 1.807) is 0 Å². The molecule has 1 heterocycles. The highest BCUT2D eigenvalue weighted by molar-refractivity contribution is 7.99. The van der Waals surface area contributed by atoms with Crippen molar-refractivity contribution in [2.75, 3.05) is 24.7 Å². The first-order chi connectivity index (χ1) is 11.0. The lowest BCUT2D eigenvalue weighted by atomic mass is 10.1. The number of unbranched alkanes of at least 4 members (excludes halogenated alkanes) is 1. The highest BCUT2D eigenvalue weighted by Gasteiger charge is 2.36. The normalized spacial score (nSPS) is 19.4. The van der Waals surface area contributed by atoms with Gasteiger partial charge in [0.15, 0.2) is 0 Å². The molecule has 1 atom stereocenters. The number of carbonyl (C=O) groups is 1. The van der Waals surface area contributed by atoms with E-state index in [4.69, 9.17) is 9.88 Å². The van der Waals surface area contributed by atoms with Gasteiger partial charge in [-0.15, -0.1) is 0 Å². The van der Waals surface area contributed by atoms with Crippen LogP contribution >= 0.6 is 11.8 Å². The number of carbonyl (C=O) groups excluding carboxylic acids is 1. The van der Waals surface area contributed by atoms with Gasteiger partial charge in [0.05, 0.1) is 6.61 Å². The van der Waals surface area contributed by atoms with Gasteiger partial charge in [-0.2, -0.15) is 24.5 Å². The third kappa shape index (κ3) is 5.80. The highest BCUT2D eigenvalue weighted by Crippen LogP contribution is 2.19. The lowest BCUT2D eigenvalue weighted by Gasteiger charge is -2.31. The maximum atomic E-state index is 12.1. The van der Waals surface area contributed by atoms with Gasteiger partial charge in [0.25, 0.3) is 10.2 Å². The lowest BCUT2D eigenvalue weighted by molar-refractivity contribution is -0.147. The minimum atomic E-state index is -3.87. The van der Waals surface area contributed by atoms with E-state index in [9.17, 15) is 13.2 Å². The van der Waals surface area contributed by atoms with Crippen molar-refractivity contribution in [1.82, 2.24) is 4.31 Å². The molecule has 23 heavy (non-hydrogen) atoms. The van der Waals surface area contributed by atoms with Crippen LogP contribution in [0.3, 0.4) is 0 Å². The minimum absolute atomic E-state index is 0.247. The predicted octanol–water partition coefficient (Wildman–Crippen LogP) is 1.17. The average molecular weight is 358 g/mol. The molecule has 0 saturated carbocycles. The summed E-state index contributed by atoms with van der Waals surface area (Å²) in [6.45, 7) is 0.544. The van der Waals surface area contributed by atoms with Gasteiger partial charge in [-0.25, -0.2) is 5.14 Å². The van der Waals surface area contributed by atoms with E-state index in [-0.39, 0.29) is 6.54 Å². The van der Waals surface area contributed by atoms with Crippen molar-refractivity contribution in [3.8, 4) is 0 Å². The predicted molar refractivity (Wildman–Crippen MR) is 91.3 cm³/mol. The topological polar surface area (TPSA) is 89.7 Å². The Kier molecular flexibility index (Phi) is 6.88. The smallest absolute Gasteiger partial charge is 0.325 e. The number of nitrogens with two attached hydrogens (primary N) is 1. The van der Waals surface area contributed by atoms with Crippen molar-refractivity contribution in [3.63, 3.8) is 0 Å². The summed E-state index contributed by atoms with van der Waals surface area (Å²) in [7, 11) is -3.87. The standard InChI is InChI=1S/C15H22N2O4S2/c16-23(19,20)17-9-11-22-12-14(17)15(18)21-10-5-4-8-13-6-2-1-3-7-13/h1-3,6-7,14H,4-5,8-12H2,(H2,16,19,20). The number of hydrogen-bond acceptors (Lipinski definition) is 5. The monoisotopic (exact) mass is 358 g/mol. The molecule has 1 fully saturated rings. The van der Waals surface area contributed by atoms with Gasteiger partial charge in [0, 0.05) is 18.1 Å². The molecule has 2 rings (SSSR count). The van der Waals surface area contributed by atoms with Crippen molar-refractivity contribution in [2.24, 2.45) is 5.14 Å². The van der Waals surface area contributed by atoms with Gasteiger partial charge in [-0.1, -0.05) is 30.3 Å². The lowest BCUT2D eigenvalue weighted by Crippen LogP contribution is -2.53. The molecule has 0 aromatic heterocycles. The fourth-order valence-electron chi connectivity index (χ4n) is 2.42. The molecule has 0 spiro atoms. The molecule has 6 nitrogen and oxygen atoms in total. The second-order valence-electron chi connectivity index (χ2n) is 5.36. The van der Waals surface area contributed by atoms with Crippen LogP contribution in [0.25, 0.3) is 0 Å². The summed E-state index contributed by atoms with van der Waals surface area (Å²) in [5.41, 5.74) is 1.25. The Morgan fingerprint density at radius 1 is 1.30 bits per heavy atom. The molecule has 0 radical (unpaired) electrons. The van der Waals surface area contributed by atoms with E-state index in [2.05, 4.69) is 12.1 Å². The van der Waals surface area contributed by atoms with Crippen LogP contribution in [0.2, 0.25) is 0 Å². The van der Waals surface area contributed by atoms with Crippen LogP contribution in [0.15, 0.2) is 30.3 Å². The first-order valence-corrected chi connectivity index (χ1v) is 10.2. The Morgan fingerprint density at radius 2 is 2.04 bits per heavy atom. The molecule has 1 aliphatic rings. The largest absolute Gasteiger partial charge is 0.464 e. The van der Waals surface area contributed by atoms with Gasteiger partial charge in [-0.05, 0) is 24.8 Å². The van der Waals surface area contributed by atoms with E-state index in [0.29, 0.717) is 18.1 Å². The molecule has 0 bridgehead atoms. The molecule has 128 valence electrons. The van der Waals surface area contributed by atoms with Crippen LogP contribution in [0.5, 0.6) is 0 Å². The Bertz CT molecular complexity index is 607. The quantitative estimate of drug-likeness (QED) is 0.584. The van der Waals surface area contributed by atoms with Crippen molar-refractivity contribution in [1.29, 1.82) is 0 Å². The molecule has 1 saturated heterocycles. The summed E-state index contributed by atoms with van der Waals surface area (Å²) in [6, 6.07) is 9.29. The highest BCUT2D eigenvalue weighted by atomic mass is 32.2. The number of rotatable bonds is 7. The molecule has 0 aliphatic carbocycles. The summed E-state index contributed by atoms with van der Waals surface area (Å²) in [6.07, 6.45) is 2.59. The van der Waals surface area contributed by atoms with Crippen molar-refractivity contribution in [2.45, 2.75) is 25.3 Å². The van der Waals surface area contributed by atoms with Crippen LogP contribution in [0, 0.1) is 0 Å². The number of thioether (sulfide) groups is 1. The number of aryl methyl sites for hydroxylation is 1. The fraction of sp³-hybridized carbons (Fsp3) is 0.533. The van der Waals surface area contributed by atoms with Crippen molar-refractivity contribution >= 4 is 27.9 Å². The Labute approximate surface area is 141 Å². The summed E-state index contributed by atoms with van der Waals surface area (Å²) in [4.78, 5) is 12.1. The van der Waals surface area contributed by atoms with Crippen LogP contribution in [0.1, 0.15) is 18.4 Å². The zero-order valence-corrected chi connectivity index (χ0v) is 14.5. The van der Waals surface area contributed by atoms with Gasteiger partial charge in [0.2, 0.25) is 0 Å². The summed E-state index contributed by atoms with van der Waals surface area (Å²) < 4.78 is 29.3. The molecule has 1 aromatic rings. The molecule has 1 unspecified atom stereocenters. The molecule has 1 aromatic carbocycles. The second kappa shape index (κ2) is 8.68. The van der Waals surface area contributed by atoms with Crippen molar-refractivity contribution in [3.05, 3.63) is 35.9 Å². The maximum absolute atomic E-state index is 12.1. The third-order valence-corrected chi connectivity index (χ3v) is 5.74. The molecule has 2 N–H and O–H groups in total. The van der Waals surface area contributed by atoms with E-state index >= 15 is 0 Å². The molecular weight excluding hydrogens is 336 g/mol. The van der Waals surface area contributed by atoms with Crippen LogP contribution in [-0.2, 0) is 26.2 Å². The van der Waals surface area contributed by atoms with E-state index in [1.807, 2.05) is 18.2 Å². The number of hydrogen-bond donors (Lipinski definition) is 1. The SMILES string of the molecule is NS(=O)(=O)N1CCSCC1C(=O)OCCCCc1ccccc1. The molecule has 0 amide bonds. The fourth-order valence-corrected chi connectivity index (χ4v) is 4.53. The second-order valence-corrected chi connectivity index (χ2v) is 8.01. The number of benzene rings is 1. The van der Waals surface area contributed by atoms with Crippen LogP contribution in [-0.4, -0.2) is 49.4 Å². The Hall–Kier alpha value is -1.09. The molecular formula is C15H22N2O4S2. The minimum Gasteiger partial charge on any atom is -0.464 e. The van der Waals surface area contributed by atoms with E-state index in [0.717, 1.165) is 23.6 Å². The van der Waals surface area contributed by atoms with Crippen LogP contribution < -0.4 is 5.14 Å². The van der Waals surface area contributed by atoms with E-state index < -0.39 is 22.2 Å². The number of ether oxygens (including phenoxy) is 1. The summed E-state index contributed by atoms with van der Waals surface area (Å²) in [5, 5.41) is 5.16. The number of esters is 1. The number of nitrogens with zero attached hydrogens (tertiary/aromatic N) is 1. The van der Waals surface area contributed by atoms with Crippen molar-refractivity contribution < 1.29 is 17.9 Å².